The number of nitrogens with zero attached hydrogens (tertiary/aromatic N) is 2. The number of ether oxygens (including phenoxy) is 1. The maximum Gasteiger partial charge on any atom is 0.490 e. The van der Waals surface area contributed by atoms with Crippen LogP contribution in [0.3, 0.4) is 0 Å². The number of hydrogen-bond donors (Lipinski definition) is 2. The van der Waals surface area contributed by atoms with E-state index < -0.39 is 24.3 Å². The van der Waals surface area contributed by atoms with Crippen LogP contribution >= 0.6 is 0 Å². The number of rotatable bonds is 6. The van der Waals surface area contributed by atoms with Crippen LogP contribution in [0.25, 0.3) is 0 Å². The minimum absolute atomic E-state index is 0.189. The number of benzene rings is 1. The highest BCUT2D eigenvalue weighted by Gasteiger charge is 2.38. The molecule has 1 aliphatic heterocycles. The van der Waals surface area contributed by atoms with Crippen LogP contribution in [0.4, 0.5) is 30.7 Å². The van der Waals surface area contributed by atoms with Crippen LogP contribution in [0, 0.1) is 5.82 Å². The van der Waals surface area contributed by atoms with Gasteiger partial charge in [-0.2, -0.15) is 26.3 Å². The molecule has 14 heteroatoms. The van der Waals surface area contributed by atoms with E-state index in [4.69, 9.17) is 24.5 Å². The summed E-state index contributed by atoms with van der Waals surface area (Å²) < 4.78 is 82.0. The fraction of sp³-hybridized carbons (Fsp3) is 0.348. The number of alkyl halides is 6. The van der Waals surface area contributed by atoms with E-state index in [1.807, 2.05) is 24.5 Å². The first-order valence-electron chi connectivity index (χ1n) is 10.4. The van der Waals surface area contributed by atoms with Gasteiger partial charge in [0.25, 0.3) is 0 Å². The lowest BCUT2D eigenvalue weighted by Crippen LogP contribution is -2.31. The Morgan fingerprint density at radius 2 is 1.57 bits per heavy atom. The zero-order chi connectivity index (χ0) is 28.2. The summed E-state index contributed by atoms with van der Waals surface area (Å²) in [6, 6.07) is 6.74. The molecule has 37 heavy (non-hydrogen) atoms. The van der Waals surface area contributed by atoms with Crippen LogP contribution < -0.4 is 0 Å². The smallest absolute Gasteiger partial charge is 0.475 e. The molecule has 7 nitrogen and oxygen atoms in total. The third kappa shape index (κ3) is 11.8. The van der Waals surface area contributed by atoms with Gasteiger partial charge in [0.1, 0.15) is 5.82 Å². The summed E-state index contributed by atoms with van der Waals surface area (Å²) in [5.74, 6) is -5.70. The Morgan fingerprint density at radius 3 is 2.05 bits per heavy atom. The van der Waals surface area contributed by atoms with E-state index in [9.17, 15) is 30.7 Å². The second-order valence-electron chi connectivity index (χ2n) is 7.43. The third-order valence-corrected chi connectivity index (χ3v) is 4.61. The lowest BCUT2D eigenvalue weighted by Gasteiger charge is -2.29. The number of carboxylic acids is 2. The second-order valence-corrected chi connectivity index (χ2v) is 7.43. The van der Waals surface area contributed by atoms with E-state index in [1.165, 1.54) is 28.8 Å². The second kappa shape index (κ2) is 14.3. The van der Waals surface area contributed by atoms with Crippen molar-refractivity contribution >= 4 is 11.9 Å². The minimum atomic E-state index is -5.08. The minimum Gasteiger partial charge on any atom is -0.475 e. The summed E-state index contributed by atoms with van der Waals surface area (Å²) in [6.07, 6.45) is -3.57. The van der Waals surface area contributed by atoms with Gasteiger partial charge in [0.05, 0.1) is 13.2 Å². The summed E-state index contributed by atoms with van der Waals surface area (Å²) >= 11 is 0. The molecule has 1 aromatic heterocycles. The van der Waals surface area contributed by atoms with E-state index in [2.05, 4.69) is 16.5 Å². The number of carboxylic acid groups (broad SMARTS) is 2. The fourth-order valence-electron chi connectivity index (χ4n) is 2.99. The molecule has 2 N–H and O–H groups in total. The van der Waals surface area contributed by atoms with Crippen LogP contribution in [0.15, 0.2) is 49.3 Å². The Labute approximate surface area is 206 Å². The van der Waals surface area contributed by atoms with Crippen LogP contribution in [0.5, 0.6) is 0 Å². The quantitative estimate of drug-likeness (QED) is 0.310. The van der Waals surface area contributed by atoms with Gasteiger partial charge in [0.2, 0.25) is 0 Å². The number of hydrogen-bond acceptors (Lipinski definition) is 5. The molecule has 0 saturated carbocycles. The Kier molecular flexibility index (Phi) is 12.2. The summed E-state index contributed by atoms with van der Waals surface area (Å²) in [7, 11) is 0. The first-order chi connectivity index (χ1) is 17.1. The van der Waals surface area contributed by atoms with Gasteiger partial charge in [-0.25, -0.2) is 14.0 Å². The van der Waals surface area contributed by atoms with Crippen LogP contribution in [-0.4, -0.2) is 57.5 Å². The van der Waals surface area contributed by atoms with E-state index in [0.29, 0.717) is 13.2 Å². The fourth-order valence-corrected chi connectivity index (χ4v) is 2.99. The van der Waals surface area contributed by atoms with Crippen molar-refractivity contribution in [2.45, 2.75) is 38.5 Å². The molecule has 0 bridgehead atoms. The van der Waals surface area contributed by atoms with Crippen molar-refractivity contribution in [3.63, 3.8) is 0 Å². The van der Waals surface area contributed by atoms with Gasteiger partial charge in [-0.05, 0) is 40.8 Å². The standard InChI is InChI=1S/C19H21FN2O.2C2HF3O2/c1-2-9-23-14-17-11-21-10-16-13-22(8-7-19(16)17)12-15-3-5-18(20)6-4-15;2*3-2(4,5)1(6)7/h2-6,10-11H,1,7-9,12-14H2;2*(H,6,7). The largest absolute Gasteiger partial charge is 0.490 e. The van der Waals surface area contributed by atoms with Crippen LogP contribution in [0.2, 0.25) is 0 Å². The number of halogens is 7. The summed E-state index contributed by atoms with van der Waals surface area (Å²) in [5, 5.41) is 14.2. The van der Waals surface area contributed by atoms with E-state index in [1.54, 1.807) is 6.08 Å². The van der Waals surface area contributed by atoms with Crippen molar-refractivity contribution in [1.29, 1.82) is 0 Å². The van der Waals surface area contributed by atoms with E-state index >= 15 is 0 Å². The maximum absolute atomic E-state index is 13.0. The van der Waals surface area contributed by atoms with Crippen molar-refractivity contribution in [3.05, 3.63) is 77.4 Å². The first kappa shape index (κ1) is 31.5. The molecule has 0 aliphatic carbocycles. The van der Waals surface area contributed by atoms with E-state index in [-0.39, 0.29) is 5.82 Å². The van der Waals surface area contributed by atoms with Crippen LogP contribution in [0.1, 0.15) is 22.3 Å². The molecule has 204 valence electrons. The molecule has 2 heterocycles. The molecule has 0 atom stereocenters. The highest BCUT2D eigenvalue weighted by molar-refractivity contribution is 5.73. The topological polar surface area (TPSA) is 100.0 Å². The van der Waals surface area contributed by atoms with Gasteiger partial charge >= 0.3 is 24.3 Å². The molecule has 0 fully saturated rings. The van der Waals surface area contributed by atoms with Crippen molar-refractivity contribution < 1.29 is 55.3 Å². The van der Waals surface area contributed by atoms with Crippen LogP contribution in [-0.2, 0) is 40.4 Å². The zero-order valence-electron chi connectivity index (χ0n) is 19.2. The SMILES string of the molecule is C=CCOCc1cncc2c1CCN(Cc1ccc(F)cc1)C2.O=C(O)C(F)(F)F.O=C(O)C(F)(F)F. The molecule has 0 unspecified atom stereocenters. The monoisotopic (exact) mass is 540 g/mol. The van der Waals surface area contributed by atoms with Gasteiger partial charge in [0, 0.05) is 32.0 Å². The van der Waals surface area contributed by atoms with Gasteiger partial charge in [0.15, 0.2) is 0 Å². The normalized spacial score (nSPS) is 13.3. The molecule has 3 rings (SSSR count). The van der Waals surface area contributed by atoms with Gasteiger partial charge in [-0.3, -0.25) is 9.88 Å². The Balaban J connectivity index is 0.000000404. The van der Waals surface area contributed by atoms with Gasteiger partial charge < -0.3 is 14.9 Å². The molecule has 1 aliphatic rings. The first-order valence-corrected chi connectivity index (χ1v) is 10.4. The molecule has 0 amide bonds. The average molecular weight is 540 g/mol. The number of aliphatic carboxylic acids is 2. The zero-order valence-corrected chi connectivity index (χ0v) is 19.2. The highest BCUT2D eigenvalue weighted by Crippen LogP contribution is 2.23. The number of pyridine rings is 1. The number of aromatic nitrogens is 1. The van der Waals surface area contributed by atoms with Gasteiger partial charge in [-0.15, -0.1) is 6.58 Å². The van der Waals surface area contributed by atoms with Crippen molar-refractivity contribution in [3.8, 4) is 0 Å². The summed E-state index contributed by atoms with van der Waals surface area (Å²) in [4.78, 5) is 24.5. The summed E-state index contributed by atoms with van der Waals surface area (Å²) in [6.45, 7) is 7.49. The lowest BCUT2D eigenvalue weighted by molar-refractivity contribution is -0.193. The van der Waals surface area contributed by atoms with Crippen molar-refractivity contribution in [2.24, 2.45) is 0 Å². The number of carbonyl (C=O) groups is 2. The Morgan fingerprint density at radius 1 is 1.03 bits per heavy atom. The highest BCUT2D eigenvalue weighted by atomic mass is 19.4. The average Bonchev–Trinajstić information content (AvgIpc) is 2.80. The van der Waals surface area contributed by atoms with Crippen molar-refractivity contribution in [2.75, 3.05) is 13.2 Å². The molecule has 1 aromatic carbocycles. The number of fused-ring (bicyclic) bond motifs is 1. The third-order valence-electron chi connectivity index (χ3n) is 4.61. The van der Waals surface area contributed by atoms with Gasteiger partial charge in [-0.1, -0.05) is 18.2 Å². The molecular weight excluding hydrogens is 517 g/mol. The molecule has 0 spiro atoms. The Hall–Kier alpha value is -3.52. The molecular formula is C23H23F7N2O5. The predicted molar refractivity (Wildman–Crippen MR) is 116 cm³/mol. The maximum atomic E-state index is 13.0. The molecule has 2 aromatic rings. The summed E-state index contributed by atoms with van der Waals surface area (Å²) in [5.41, 5.74) is 4.93. The predicted octanol–water partition coefficient (Wildman–Crippen LogP) is 4.75. The molecule has 0 radical (unpaired) electrons. The van der Waals surface area contributed by atoms with Crippen molar-refractivity contribution in [1.82, 2.24) is 9.88 Å². The Bertz CT molecular complexity index is 1020. The van der Waals surface area contributed by atoms with E-state index in [0.717, 1.165) is 31.6 Å². The molecule has 0 saturated heterocycles. The lowest BCUT2D eigenvalue weighted by atomic mass is 9.97.